The number of piperidine rings is 1. The summed E-state index contributed by atoms with van der Waals surface area (Å²) in [5.41, 5.74) is 1.79. The van der Waals surface area contributed by atoms with Crippen LogP contribution in [0.2, 0.25) is 0 Å². The van der Waals surface area contributed by atoms with Crippen molar-refractivity contribution < 1.29 is 19.4 Å². The van der Waals surface area contributed by atoms with Crippen LogP contribution >= 0.6 is 0 Å². The molecule has 1 N–H and O–H groups in total. The van der Waals surface area contributed by atoms with Gasteiger partial charge in [0.2, 0.25) is 0 Å². The number of carbonyl (C=O) groups excluding carboxylic acids is 1. The van der Waals surface area contributed by atoms with Gasteiger partial charge >= 0.3 is 0 Å². The Morgan fingerprint density at radius 2 is 1.81 bits per heavy atom. The fraction of sp³-hybridized carbons (Fsp3) is 0.519. The summed E-state index contributed by atoms with van der Waals surface area (Å²) in [5.74, 6) is 0.965. The summed E-state index contributed by atoms with van der Waals surface area (Å²) in [7, 11) is 0. The van der Waals surface area contributed by atoms with Crippen molar-refractivity contribution in [3.8, 4) is 5.75 Å². The smallest absolute Gasteiger partial charge is 0.253 e. The van der Waals surface area contributed by atoms with Gasteiger partial charge in [-0.15, -0.1) is 0 Å². The monoisotopic (exact) mass is 437 g/mol. The van der Waals surface area contributed by atoms with Gasteiger partial charge in [-0.05, 0) is 51.5 Å². The molecule has 0 aromatic heterocycles. The van der Waals surface area contributed by atoms with Crippen LogP contribution in [0.5, 0.6) is 5.75 Å². The Morgan fingerprint density at radius 1 is 1.16 bits per heavy atom. The number of aliphatic hydroxyl groups is 1. The van der Waals surface area contributed by atoms with Crippen molar-refractivity contribution in [2.75, 3.05) is 13.1 Å². The Hall–Kier alpha value is -2.37. The van der Waals surface area contributed by atoms with Crippen LogP contribution in [-0.2, 0) is 11.2 Å². The molecule has 0 saturated carbocycles. The van der Waals surface area contributed by atoms with Gasteiger partial charge < -0.3 is 19.5 Å². The number of benzene rings is 2. The molecule has 1 saturated heterocycles. The Kier molecular flexibility index (Phi) is 6.33. The highest BCUT2D eigenvalue weighted by Crippen LogP contribution is 2.46. The number of rotatable bonds is 5. The normalized spacial score (nSPS) is 20.2. The Balaban J connectivity index is 1.43. The molecule has 172 valence electrons. The lowest BCUT2D eigenvalue weighted by Crippen LogP contribution is -2.52. The van der Waals surface area contributed by atoms with E-state index in [-0.39, 0.29) is 23.7 Å². The molecule has 2 aliphatic heterocycles. The van der Waals surface area contributed by atoms with Crippen molar-refractivity contribution in [2.24, 2.45) is 0 Å². The summed E-state index contributed by atoms with van der Waals surface area (Å²) < 4.78 is 12.8. The summed E-state index contributed by atoms with van der Waals surface area (Å²) in [5, 5.41) is 10.0. The second-order valence-electron chi connectivity index (χ2n) is 10.2. The third-order valence-electron chi connectivity index (χ3n) is 6.39. The first-order valence-corrected chi connectivity index (χ1v) is 11.7. The van der Waals surface area contributed by atoms with Crippen molar-refractivity contribution in [3.05, 3.63) is 65.2 Å². The Labute approximate surface area is 191 Å². The van der Waals surface area contributed by atoms with Crippen LogP contribution < -0.4 is 4.74 Å². The summed E-state index contributed by atoms with van der Waals surface area (Å²) in [4.78, 5) is 15.0. The number of hydrogen-bond acceptors (Lipinski definition) is 4. The molecule has 0 bridgehead atoms. The van der Waals surface area contributed by atoms with Gasteiger partial charge in [-0.2, -0.15) is 0 Å². The number of para-hydroxylation sites is 1. The molecule has 2 aliphatic rings. The van der Waals surface area contributed by atoms with E-state index in [1.807, 2.05) is 47.4 Å². The van der Waals surface area contributed by atoms with Gasteiger partial charge in [-0.3, -0.25) is 4.79 Å². The van der Waals surface area contributed by atoms with Gasteiger partial charge in [-0.1, -0.05) is 30.3 Å². The van der Waals surface area contributed by atoms with E-state index in [2.05, 4.69) is 19.9 Å². The topological polar surface area (TPSA) is 59.0 Å². The zero-order valence-corrected chi connectivity index (χ0v) is 19.6. The highest BCUT2D eigenvalue weighted by molar-refractivity contribution is 5.94. The van der Waals surface area contributed by atoms with Crippen LogP contribution in [0.1, 0.15) is 74.5 Å². The number of likely N-dealkylation sites (tertiary alicyclic amines) is 1. The molecule has 1 atom stereocenters. The highest BCUT2D eigenvalue weighted by Gasteiger charge is 2.44. The minimum atomic E-state index is -0.761. The van der Waals surface area contributed by atoms with Gasteiger partial charge in [0.05, 0.1) is 17.8 Å². The Morgan fingerprint density at radius 3 is 2.44 bits per heavy atom. The third-order valence-corrected chi connectivity index (χ3v) is 6.39. The molecule has 1 spiro atoms. The van der Waals surface area contributed by atoms with E-state index >= 15 is 0 Å². The maximum absolute atomic E-state index is 13.1. The number of hydrogen-bond donors (Lipinski definition) is 1. The quantitative estimate of drug-likeness (QED) is 0.721. The molecule has 0 unspecified atom stereocenters. The minimum absolute atomic E-state index is 0.0190. The molecule has 0 aliphatic carbocycles. The maximum Gasteiger partial charge on any atom is 0.253 e. The lowest BCUT2D eigenvalue weighted by Gasteiger charge is -2.47. The molecule has 2 aromatic carbocycles. The van der Waals surface area contributed by atoms with Crippen LogP contribution in [-0.4, -0.2) is 46.3 Å². The van der Waals surface area contributed by atoms with Gasteiger partial charge in [0.15, 0.2) is 0 Å². The van der Waals surface area contributed by atoms with Crippen molar-refractivity contribution in [1.29, 1.82) is 0 Å². The van der Waals surface area contributed by atoms with E-state index in [0.29, 0.717) is 25.1 Å². The van der Waals surface area contributed by atoms with Crippen molar-refractivity contribution in [2.45, 2.75) is 76.8 Å². The molecule has 4 rings (SSSR count). The van der Waals surface area contributed by atoms with Crippen LogP contribution in [0.25, 0.3) is 0 Å². The largest absolute Gasteiger partial charge is 0.487 e. The molecular formula is C27H35NO4. The van der Waals surface area contributed by atoms with Crippen LogP contribution in [0.15, 0.2) is 48.5 Å². The molecule has 0 radical (unpaired) electrons. The predicted octanol–water partition coefficient (Wildman–Crippen LogP) is 4.92. The minimum Gasteiger partial charge on any atom is -0.487 e. The van der Waals surface area contributed by atoms with Crippen LogP contribution in [0, 0.1) is 0 Å². The van der Waals surface area contributed by atoms with E-state index in [4.69, 9.17) is 9.47 Å². The van der Waals surface area contributed by atoms with Gasteiger partial charge in [0, 0.05) is 49.9 Å². The molecule has 2 aromatic rings. The van der Waals surface area contributed by atoms with Gasteiger partial charge in [0.25, 0.3) is 5.91 Å². The second-order valence-corrected chi connectivity index (χ2v) is 10.2. The summed E-state index contributed by atoms with van der Waals surface area (Å²) in [6.07, 6.45) is 3.13. The van der Waals surface area contributed by atoms with E-state index in [1.165, 1.54) is 0 Å². The number of amides is 1. The third kappa shape index (κ3) is 5.16. The van der Waals surface area contributed by atoms with Gasteiger partial charge in [-0.25, -0.2) is 0 Å². The fourth-order valence-electron chi connectivity index (χ4n) is 4.88. The van der Waals surface area contributed by atoms with E-state index < -0.39 is 5.60 Å². The average molecular weight is 438 g/mol. The first-order valence-electron chi connectivity index (χ1n) is 11.7. The first kappa shape index (κ1) is 22.8. The SMILES string of the molecule is CC(C)O[C@@H]1CC2(CCN(C(=O)c3ccc(CC(C)(C)O)cc3)CC2)Oc2ccccc21. The number of nitrogens with zero attached hydrogens (tertiary/aromatic N) is 1. The number of carbonyl (C=O) groups is 1. The lowest BCUT2D eigenvalue weighted by molar-refractivity contribution is -0.0872. The lowest BCUT2D eigenvalue weighted by atomic mass is 9.81. The molecule has 32 heavy (non-hydrogen) atoms. The molecule has 5 heteroatoms. The van der Waals surface area contributed by atoms with Gasteiger partial charge in [0.1, 0.15) is 11.4 Å². The van der Waals surface area contributed by atoms with Crippen molar-refractivity contribution in [1.82, 2.24) is 4.90 Å². The molecule has 2 heterocycles. The van der Waals surface area contributed by atoms with Crippen LogP contribution in [0.4, 0.5) is 0 Å². The summed E-state index contributed by atoms with van der Waals surface area (Å²) >= 11 is 0. The molecule has 5 nitrogen and oxygen atoms in total. The van der Waals surface area contributed by atoms with E-state index in [0.717, 1.165) is 36.1 Å². The van der Waals surface area contributed by atoms with E-state index in [9.17, 15) is 9.90 Å². The summed E-state index contributed by atoms with van der Waals surface area (Å²) in [6, 6.07) is 15.8. The van der Waals surface area contributed by atoms with Crippen molar-refractivity contribution >= 4 is 5.91 Å². The number of fused-ring (bicyclic) bond motifs is 1. The average Bonchev–Trinajstić information content (AvgIpc) is 2.73. The highest BCUT2D eigenvalue weighted by atomic mass is 16.5. The second kappa shape index (κ2) is 8.87. The molecular weight excluding hydrogens is 402 g/mol. The summed E-state index contributed by atoms with van der Waals surface area (Å²) in [6.45, 7) is 9.05. The zero-order valence-electron chi connectivity index (χ0n) is 19.6. The van der Waals surface area contributed by atoms with Crippen LogP contribution in [0.3, 0.4) is 0 Å². The molecule has 1 amide bonds. The van der Waals surface area contributed by atoms with Crippen molar-refractivity contribution in [3.63, 3.8) is 0 Å². The molecule has 1 fully saturated rings. The Bertz CT molecular complexity index is 937. The number of ether oxygens (including phenoxy) is 2. The first-order chi connectivity index (χ1) is 15.1. The fourth-order valence-corrected chi connectivity index (χ4v) is 4.88. The van der Waals surface area contributed by atoms with E-state index in [1.54, 1.807) is 13.8 Å². The zero-order chi connectivity index (χ0) is 22.9. The maximum atomic E-state index is 13.1. The standard InChI is InChI=1S/C27H35NO4/c1-19(2)31-24-18-27(32-23-8-6-5-7-22(23)24)13-15-28(16-14-27)25(29)21-11-9-20(10-12-21)17-26(3,4)30/h5-12,19,24,30H,13-18H2,1-4H3/t24-/m1/s1. The predicted molar refractivity (Wildman–Crippen MR) is 125 cm³/mol.